The lowest BCUT2D eigenvalue weighted by Gasteiger charge is -2.02. The Morgan fingerprint density at radius 1 is 1.10 bits per heavy atom. The fraction of sp³-hybridized carbons (Fsp3) is 0. The molecular weight excluding hydrogens is 315 g/mol. The Kier molecular flexibility index (Phi) is 4.67. The topological polar surface area (TPSA) is 81.9 Å². The maximum atomic E-state index is 11.8. The van der Waals surface area contributed by atoms with Crippen molar-refractivity contribution in [2.45, 2.75) is 0 Å². The minimum atomic E-state index is -0.581. The van der Waals surface area contributed by atoms with Crippen LogP contribution in [0.1, 0.15) is 15.9 Å². The van der Waals surface area contributed by atoms with E-state index < -0.39 is 5.91 Å². The SMILES string of the molecule is O=C(N/N=C/c1ccc(Cl)cc1Cl)c1cc(O)cc(O)c1. The van der Waals surface area contributed by atoms with Gasteiger partial charge in [0.05, 0.1) is 11.2 Å². The van der Waals surface area contributed by atoms with Crippen molar-refractivity contribution < 1.29 is 15.0 Å². The van der Waals surface area contributed by atoms with Gasteiger partial charge < -0.3 is 10.2 Å². The summed E-state index contributed by atoms with van der Waals surface area (Å²) in [7, 11) is 0. The van der Waals surface area contributed by atoms with Crippen LogP contribution in [0.3, 0.4) is 0 Å². The number of hydrogen-bond acceptors (Lipinski definition) is 4. The summed E-state index contributed by atoms with van der Waals surface area (Å²) in [4.78, 5) is 11.8. The molecule has 0 saturated heterocycles. The molecule has 108 valence electrons. The Hall–Kier alpha value is -2.24. The highest BCUT2D eigenvalue weighted by atomic mass is 35.5. The van der Waals surface area contributed by atoms with Crippen LogP contribution in [-0.2, 0) is 0 Å². The first-order valence-electron chi connectivity index (χ1n) is 5.77. The molecule has 0 unspecified atom stereocenters. The lowest BCUT2D eigenvalue weighted by molar-refractivity contribution is 0.0954. The number of carbonyl (C=O) groups is 1. The number of amides is 1. The van der Waals surface area contributed by atoms with E-state index in [1.807, 2.05) is 0 Å². The van der Waals surface area contributed by atoms with Crippen molar-refractivity contribution in [1.82, 2.24) is 5.43 Å². The minimum absolute atomic E-state index is 0.0758. The van der Waals surface area contributed by atoms with E-state index in [4.69, 9.17) is 23.2 Å². The van der Waals surface area contributed by atoms with Crippen molar-refractivity contribution in [3.8, 4) is 11.5 Å². The van der Waals surface area contributed by atoms with E-state index in [1.54, 1.807) is 18.2 Å². The van der Waals surface area contributed by atoms with E-state index in [9.17, 15) is 15.0 Å². The van der Waals surface area contributed by atoms with Crippen LogP contribution in [0.15, 0.2) is 41.5 Å². The number of rotatable bonds is 3. The molecule has 0 heterocycles. The van der Waals surface area contributed by atoms with Gasteiger partial charge in [-0.3, -0.25) is 4.79 Å². The number of phenolic OH excluding ortho intramolecular Hbond substituents is 2. The Labute approximate surface area is 130 Å². The molecular formula is C14H10Cl2N2O3. The first-order chi connectivity index (χ1) is 9.95. The number of carbonyl (C=O) groups excluding carboxylic acids is 1. The van der Waals surface area contributed by atoms with E-state index in [0.717, 1.165) is 6.07 Å². The molecule has 2 aromatic carbocycles. The molecule has 0 aromatic heterocycles. The molecule has 0 aliphatic carbocycles. The third kappa shape index (κ3) is 4.11. The van der Waals surface area contributed by atoms with Crippen LogP contribution in [-0.4, -0.2) is 22.3 Å². The standard InChI is InChI=1S/C14H10Cl2N2O3/c15-10-2-1-8(13(16)5-10)7-17-18-14(21)9-3-11(19)6-12(20)4-9/h1-7,19-20H,(H,18,21)/b17-7+. The zero-order valence-electron chi connectivity index (χ0n) is 10.5. The predicted molar refractivity (Wildman–Crippen MR) is 81.3 cm³/mol. The summed E-state index contributed by atoms with van der Waals surface area (Å²) in [5.74, 6) is -1.02. The number of nitrogens with one attached hydrogen (secondary N) is 1. The van der Waals surface area contributed by atoms with E-state index in [0.29, 0.717) is 15.6 Å². The van der Waals surface area contributed by atoms with Gasteiger partial charge in [0.1, 0.15) is 11.5 Å². The minimum Gasteiger partial charge on any atom is -0.508 e. The van der Waals surface area contributed by atoms with Crippen LogP contribution in [0, 0.1) is 0 Å². The van der Waals surface area contributed by atoms with Gasteiger partial charge in [-0.2, -0.15) is 5.10 Å². The summed E-state index contributed by atoms with van der Waals surface area (Å²) in [5, 5.41) is 23.2. The monoisotopic (exact) mass is 324 g/mol. The summed E-state index contributed by atoms with van der Waals surface area (Å²) in [6, 6.07) is 8.39. The van der Waals surface area contributed by atoms with Gasteiger partial charge in [0.2, 0.25) is 0 Å². The van der Waals surface area contributed by atoms with E-state index in [1.165, 1.54) is 18.3 Å². The molecule has 5 nitrogen and oxygen atoms in total. The van der Waals surface area contributed by atoms with Crippen molar-refractivity contribution in [3.05, 3.63) is 57.6 Å². The molecule has 1 amide bonds. The summed E-state index contributed by atoms with van der Waals surface area (Å²) in [6.45, 7) is 0. The Morgan fingerprint density at radius 3 is 2.38 bits per heavy atom. The maximum absolute atomic E-state index is 11.8. The number of nitrogens with zero attached hydrogens (tertiary/aromatic N) is 1. The fourth-order valence-electron chi connectivity index (χ4n) is 1.56. The van der Waals surface area contributed by atoms with Crippen molar-refractivity contribution in [2.24, 2.45) is 5.10 Å². The van der Waals surface area contributed by atoms with Gasteiger partial charge in [0, 0.05) is 22.2 Å². The molecule has 0 atom stereocenters. The number of hydrazone groups is 1. The zero-order chi connectivity index (χ0) is 15.4. The normalized spacial score (nSPS) is 10.8. The third-order valence-corrected chi connectivity index (χ3v) is 3.06. The van der Waals surface area contributed by atoms with Crippen molar-refractivity contribution >= 4 is 35.3 Å². The Bertz CT molecular complexity index is 697. The molecule has 0 radical (unpaired) electrons. The van der Waals surface area contributed by atoms with Crippen LogP contribution in [0.25, 0.3) is 0 Å². The smallest absolute Gasteiger partial charge is 0.271 e. The van der Waals surface area contributed by atoms with Gasteiger partial charge in [-0.25, -0.2) is 5.43 Å². The van der Waals surface area contributed by atoms with Crippen LogP contribution < -0.4 is 5.43 Å². The van der Waals surface area contributed by atoms with Crippen LogP contribution in [0.4, 0.5) is 0 Å². The number of halogens is 2. The lowest BCUT2D eigenvalue weighted by Crippen LogP contribution is -2.17. The largest absolute Gasteiger partial charge is 0.508 e. The highest BCUT2D eigenvalue weighted by Gasteiger charge is 2.07. The second-order valence-electron chi connectivity index (χ2n) is 4.10. The first-order valence-corrected chi connectivity index (χ1v) is 6.53. The van der Waals surface area contributed by atoms with Crippen molar-refractivity contribution in [1.29, 1.82) is 0 Å². The van der Waals surface area contributed by atoms with E-state index in [2.05, 4.69) is 10.5 Å². The molecule has 0 spiro atoms. The number of phenols is 2. The summed E-state index contributed by atoms with van der Waals surface area (Å²) in [6.07, 6.45) is 1.36. The zero-order valence-corrected chi connectivity index (χ0v) is 12.1. The van der Waals surface area contributed by atoms with E-state index >= 15 is 0 Å². The molecule has 7 heteroatoms. The van der Waals surface area contributed by atoms with E-state index in [-0.39, 0.29) is 17.1 Å². The molecule has 0 saturated carbocycles. The molecule has 2 rings (SSSR count). The molecule has 0 aliphatic rings. The molecule has 21 heavy (non-hydrogen) atoms. The summed E-state index contributed by atoms with van der Waals surface area (Å²) < 4.78 is 0. The summed E-state index contributed by atoms with van der Waals surface area (Å²) in [5.41, 5.74) is 2.92. The number of benzene rings is 2. The van der Waals surface area contributed by atoms with Gasteiger partial charge in [-0.05, 0) is 24.3 Å². The van der Waals surface area contributed by atoms with Crippen LogP contribution in [0.5, 0.6) is 11.5 Å². The third-order valence-electron chi connectivity index (χ3n) is 2.50. The molecule has 0 aliphatic heterocycles. The second-order valence-corrected chi connectivity index (χ2v) is 4.95. The van der Waals surface area contributed by atoms with Gasteiger partial charge in [0.25, 0.3) is 5.91 Å². The van der Waals surface area contributed by atoms with Crippen LogP contribution >= 0.6 is 23.2 Å². The average Bonchev–Trinajstić information content (AvgIpc) is 2.40. The number of aromatic hydroxyl groups is 2. The Morgan fingerprint density at radius 2 is 1.76 bits per heavy atom. The molecule has 0 fully saturated rings. The summed E-state index contributed by atoms with van der Waals surface area (Å²) >= 11 is 11.7. The molecule has 2 aromatic rings. The van der Waals surface area contributed by atoms with Crippen LogP contribution in [0.2, 0.25) is 10.0 Å². The predicted octanol–water partition coefficient (Wildman–Crippen LogP) is 3.17. The van der Waals surface area contributed by atoms with Gasteiger partial charge >= 0.3 is 0 Å². The number of hydrogen-bond donors (Lipinski definition) is 3. The van der Waals surface area contributed by atoms with Gasteiger partial charge in [0.15, 0.2) is 0 Å². The van der Waals surface area contributed by atoms with Gasteiger partial charge in [-0.1, -0.05) is 29.3 Å². The highest BCUT2D eigenvalue weighted by molar-refractivity contribution is 6.36. The van der Waals surface area contributed by atoms with Crippen molar-refractivity contribution in [3.63, 3.8) is 0 Å². The quantitative estimate of drug-likeness (QED) is 0.599. The average molecular weight is 325 g/mol. The van der Waals surface area contributed by atoms with Crippen molar-refractivity contribution in [2.75, 3.05) is 0 Å². The second kappa shape index (κ2) is 6.47. The Balaban J connectivity index is 2.08. The fourth-order valence-corrected chi connectivity index (χ4v) is 2.01. The lowest BCUT2D eigenvalue weighted by atomic mass is 10.2. The maximum Gasteiger partial charge on any atom is 0.271 e. The first kappa shape index (κ1) is 15.2. The van der Waals surface area contributed by atoms with Gasteiger partial charge in [-0.15, -0.1) is 0 Å². The highest BCUT2D eigenvalue weighted by Crippen LogP contribution is 2.21. The molecule has 3 N–H and O–H groups in total. The molecule has 0 bridgehead atoms.